The Labute approximate surface area is 140 Å². The maximum atomic E-state index is 12.1. The van der Waals surface area contributed by atoms with Gasteiger partial charge in [0.25, 0.3) is 0 Å². The number of nitrogens with zero attached hydrogens (tertiary/aromatic N) is 2. The van der Waals surface area contributed by atoms with Crippen LogP contribution < -0.4 is 5.32 Å². The van der Waals surface area contributed by atoms with Crippen LogP contribution in [0.1, 0.15) is 0 Å². The lowest BCUT2D eigenvalue weighted by molar-refractivity contribution is -0.113. The van der Waals surface area contributed by atoms with E-state index in [1.165, 1.54) is 11.8 Å². The lowest BCUT2D eigenvalue weighted by Gasteiger charge is -2.07. The van der Waals surface area contributed by atoms with Gasteiger partial charge in [0.05, 0.1) is 17.6 Å². The molecule has 0 spiro atoms. The molecular weight excluding hydrogens is 362 g/mol. The number of aromatic nitrogens is 2. The molecule has 3 rings (SSSR count). The number of halogens is 1. The molecule has 0 unspecified atom stereocenters. The normalized spacial score (nSPS) is 10.6. The van der Waals surface area contributed by atoms with Gasteiger partial charge in [-0.1, -0.05) is 48.2 Å². The number of anilines is 1. The van der Waals surface area contributed by atoms with Crippen molar-refractivity contribution in [1.29, 1.82) is 0 Å². The van der Waals surface area contributed by atoms with E-state index in [0.717, 1.165) is 26.0 Å². The van der Waals surface area contributed by atoms with E-state index in [9.17, 15) is 4.79 Å². The number of amides is 1. The monoisotopic (exact) mass is 373 g/mol. The molecule has 1 N–H and O–H groups in total. The molecule has 0 radical (unpaired) electrons. The van der Waals surface area contributed by atoms with Crippen LogP contribution in [-0.4, -0.2) is 21.9 Å². The molecule has 0 atom stereocenters. The summed E-state index contributed by atoms with van der Waals surface area (Å²) >= 11 is 4.79. The van der Waals surface area contributed by atoms with Crippen molar-refractivity contribution in [3.05, 3.63) is 59.2 Å². The summed E-state index contributed by atoms with van der Waals surface area (Å²) in [4.78, 5) is 12.1. The van der Waals surface area contributed by atoms with E-state index in [2.05, 4.69) is 31.4 Å². The van der Waals surface area contributed by atoms with Crippen LogP contribution in [0.25, 0.3) is 10.8 Å². The number of carbonyl (C=O) groups excluding carboxylic acids is 1. The molecule has 110 valence electrons. The van der Waals surface area contributed by atoms with E-state index in [1.54, 1.807) is 6.20 Å². The number of rotatable bonds is 4. The van der Waals surface area contributed by atoms with Crippen molar-refractivity contribution in [3.8, 4) is 0 Å². The topological polar surface area (TPSA) is 54.9 Å². The van der Waals surface area contributed by atoms with Crippen molar-refractivity contribution in [2.75, 3.05) is 11.1 Å². The van der Waals surface area contributed by atoms with Gasteiger partial charge >= 0.3 is 0 Å². The quantitative estimate of drug-likeness (QED) is 0.698. The fraction of sp³-hybridized carbons (Fsp3) is 0.0625. The standard InChI is InChI=1S/C16H12BrN3OS/c17-13-7-3-4-8-14(13)19-15(21)10-22-16-12-6-2-1-5-11(12)9-18-20-16/h1-9H,10H2,(H,19,21). The smallest absolute Gasteiger partial charge is 0.234 e. The number of para-hydroxylation sites is 1. The molecule has 0 bridgehead atoms. The Morgan fingerprint density at radius 2 is 1.91 bits per heavy atom. The van der Waals surface area contributed by atoms with Gasteiger partial charge in [0, 0.05) is 15.2 Å². The first kappa shape index (κ1) is 15.0. The molecule has 0 aliphatic heterocycles. The van der Waals surface area contributed by atoms with E-state index in [-0.39, 0.29) is 11.7 Å². The summed E-state index contributed by atoms with van der Waals surface area (Å²) in [6.07, 6.45) is 1.72. The molecule has 0 fully saturated rings. The van der Waals surface area contributed by atoms with Crippen molar-refractivity contribution in [2.24, 2.45) is 0 Å². The van der Waals surface area contributed by atoms with E-state index in [0.29, 0.717) is 0 Å². The number of nitrogens with one attached hydrogen (secondary N) is 1. The lowest BCUT2D eigenvalue weighted by atomic mass is 10.2. The van der Waals surface area contributed by atoms with Gasteiger partial charge in [0.2, 0.25) is 5.91 Å². The van der Waals surface area contributed by atoms with Gasteiger partial charge in [-0.05, 0) is 28.1 Å². The molecule has 3 aromatic rings. The molecule has 2 aromatic carbocycles. The number of fused-ring (bicyclic) bond motifs is 1. The number of hydrogen-bond donors (Lipinski definition) is 1. The van der Waals surface area contributed by atoms with Gasteiger partial charge in [-0.15, -0.1) is 5.10 Å². The Kier molecular flexibility index (Phi) is 4.70. The van der Waals surface area contributed by atoms with Crippen molar-refractivity contribution < 1.29 is 4.79 Å². The summed E-state index contributed by atoms with van der Waals surface area (Å²) in [6, 6.07) is 15.4. The number of thioether (sulfide) groups is 1. The highest BCUT2D eigenvalue weighted by molar-refractivity contribution is 9.10. The van der Waals surface area contributed by atoms with Gasteiger partial charge in [0.15, 0.2) is 0 Å². The number of hydrogen-bond acceptors (Lipinski definition) is 4. The van der Waals surface area contributed by atoms with Crippen LogP contribution in [0, 0.1) is 0 Å². The highest BCUT2D eigenvalue weighted by Crippen LogP contribution is 2.25. The molecule has 0 saturated heterocycles. The second-order valence-electron chi connectivity index (χ2n) is 4.55. The molecule has 4 nitrogen and oxygen atoms in total. The Balaban J connectivity index is 1.69. The highest BCUT2D eigenvalue weighted by Gasteiger charge is 2.09. The summed E-state index contributed by atoms with van der Waals surface area (Å²) in [5, 5.41) is 13.8. The number of carbonyl (C=O) groups is 1. The van der Waals surface area contributed by atoms with Gasteiger partial charge in [0.1, 0.15) is 5.03 Å². The van der Waals surface area contributed by atoms with Crippen LogP contribution >= 0.6 is 27.7 Å². The third kappa shape index (κ3) is 3.45. The molecular formula is C16H12BrN3OS. The van der Waals surface area contributed by atoms with Crippen molar-refractivity contribution in [2.45, 2.75) is 5.03 Å². The van der Waals surface area contributed by atoms with Gasteiger partial charge < -0.3 is 5.32 Å². The van der Waals surface area contributed by atoms with Gasteiger partial charge in [-0.3, -0.25) is 4.79 Å². The van der Waals surface area contributed by atoms with Crippen molar-refractivity contribution >= 4 is 50.1 Å². The van der Waals surface area contributed by atoms with Crippen molar-refractivity contribution in [1.82, 2.24) is 10.2 Å². The summed E-state index contributed by atoms with van der Waals surface area (Å²) < 4.78 is 0.860. The molecule has 1 aromatic heterocycles. The zero-order valence-corrected chi connectivity index (χ0v) is 13.9. The minimum atomic E-state index is -0.0772. The Morgan fingerprint density at radius 1 is 1.14 bits per heavy atom. The lowest BCUT2D eigenvalue weighted by Crippen LogP contribution is -2.14. The summed E-state index contributed by atoms with van der Waals surface area (Å²) in [6.45, 7) is 0. The average molecular weight is 374 g/mol. The molecule has 1 heterocycles. The minimum Gasteiger partial charge on any atom is -0.324 e. The second-order valence-corrected chi connectivity index (χ2v) is 6.37. The van der Waals surface area contributed by atoms with Crippen LogP contribution in [0.2, 0.25) is 0 Å². The zero-order chi connectivity index (χ0) is 15.4. The molecule has 22 heavy (non-hydrogen) atoms. The molecule has 0 aliphatic rings. The van der Waals surface area contributed by atoms with E-state index < -0.39 is 0 Å². The highest BCUT2D eigenvalue weighted by atomic mass is 79.9. The van der Waals surface area contributed by atoms with Crippen LogP contribution in [-0.2, 0) is 4.79 Å². The maximum Gasteiger partial charge on any atom is 0.234 e. The predicted molar refractivity (Wildman–Crippen MR) is 93.0 cm³/mol. The molecule has 0 saturated carbocycles. The van der Waals surface area contributed by atoms with E-state index in [1.807, 2.05) is 48.5 Å². The Hall–Kier alpha value is -1.92. The fourth-order valence-corrected chi connectivity index (χ4v) is 3.16. The summed E-state index contributed by atoms with van der Waals surface area (Å²) in [5.41, 5.74) is 0.761. The largest absolute Gasteiger partial charge is 0.324 e. The first-order valence-corrected chi connectivity index (χ1v) is 8.39. The minimum absolute atomic E-state index is 0.0772. The number of benzene rings is 2. The average Bonchev–Trinajstić information content (AvgIpc) is 2.55. The van der Waals surface area contributed by atoms with Crippen LogP contribution in [0.4, 0.5) is 5.69 Å². The SMILES string of the molecule is O=C(CSc1nncc2ccccc12)Nc1ccccc1Br. The first-order chi connectivity index (χ1) is 10.7. The van der Waals surface area contributed by atoms with Crippen LogP contribution in [0.3, 0.4) is 0 Å². The van der Waals surface area contributed by atoms with Gasteiger partial charge in [-0.2, -0.15) is 5.10 Å². The third-order valence-electron chi connectivity index (χ3n) is 3.02. The first-order valence-electron chi connectivity index (χ1n) is 6.61. The fourth-order valence-electron chi connectivity index (χ4n) is 1.99. The zero-order valence-electron chi connectivity index (χ0n) is 11.5. The Morgan fingerprint density at radius 3 is 2.77 bits per heavy atom. The predicted octanol–water partition coefficient (Wildman–Crippen LogP) is 4.12. The molecule has 0 aliphatic carbocycles. The van der Waals surface area contributed by atoms with Crippen molar-refractivity contribution in [3.63, 3.8) is 0 Å². The summed E-state index contributed by atoms with van der Waals surface area (Å²) in [7, 11) is 0. The van der Waals surface area contributed by atoms with Gasteiger partial charge in [-0.25, -0.2) is 0 Å². The maximum absolute atomic E-state index is 12.1. The molecule has 1 amide bonds. The van der Waals surface area contributed by atoms with E-state index >= 15 is 0 Å². The van der Waals surface area contributed by atoms with Crippen LogP contribution in [0.15, 0.2) is 64.2 Å². The Bertz CT molecular complexity index is 820. The summed E-state index contributed by atoms with van der Waals surface area (Å²) in [5.74, 6) is 0.205. The third-order valence-corrected chi connectivity index (χ3v) is 4.70. The van der Waals surface area contributed by atoms with Crippen LogP contribution in [0.5, 0.6) is 0 Å². The van der Waals surface area contributed by atoms with E-state index in [4.69, 9.17) is 0 Å². The second kappa shape index (κ2) is 6.89. The molecule has 6 heteroatoms.